The molecule has 2 aromatic carbocycles. The zero-order chi connectivity index (χ0) is 20.7. The number of carboxylic acid groups (broad SMARTS) is 1. The van der Waals surface area contributed by atoms with E-state index in [1.165, 1.54) is 0 Å². The van der Waals surface area contributed by atoms with Crippen LogP contribution in [0.1, 0.15) is 11.1 Å². The normalized spacial score (nSPS) is 12.7. The fourth-order valence-corrected chi connectivity index (χ4v) is 2.73. The van der Waals surface area contributed by atoms with Gasteiger partial charge in [0.15, 0.2) is 0 Å². The van der Waals surface area contributed by atoms with Gasteiger partial charge in [0.2, 0.25) is 5.91 Å². The van der Waals surface area contributed by atoms with Crippen LogP contribution < -0.4 is 22.0 Å². The average Bonchev–Trinajstić information content (AvgIpc) is 2.68. The Morgan fingerprint density at radius 2 is 1.61 bits per heavy atom. The van der Waals surface area contributed by atoms with Gasteiger partial charge in [-0.25, -0.2) is 4.79 Å². The molecule has 2 rings (SSSR count). The van der Waals surface area contributed by atoms with Gasteiger partial charge < -0.3 is 26.2 Å². The molecular formula is C19H23B2N2O5. The third-order valence-electron chi connectivity index (χ3n) is 4.44. The number of carbonyl (C=O) groups is 2. The van der Waals surface area contributed by atoms with Crippen molar-refractivity contribution in [2.45, 2.75) is 31.7 Å². The van der Waals surface area contributed by atoms with Crippen molar-refractivity contribution in [3.8, 4) is 0 Å². The van der Waals surface area contributed by atoms with Gasteiger partial charge in [-0.2, -0.15) is 0 Å². The third kappa shape index (κ3) is 6.23. The molecule has 0 heterocycles. The van der Waals surface area contributed by atoms with E-state index in [0.29, 0.717) is 5.46 Å². The Balaban J connectivity index is 1.97. The highest BCUT2D eigenvalue weighted by Crippen LogP contribution is 2.05. The first-order chi connectivity index (χ1) is 13.3. The number of hydrogen-bond acceptors (Lipinski definition) is 5. The van der Waals surface area contributed by atoms with Crippen molar-refractivity contribution in [1.29, 1.82) is 0 Å². The van der Waals surface area contributed by atoms with E-state index in [4.69, 9.17) is 10.8 Å². The van der Waals surface area contributed by atoms with Crippen LogP contribution in [0.3, 0.4) is 0 Å². The Kier molecular flexibility index (Phi) is 7.80. The number of hydrogen-bond donors (Lipinski definition) is 5. The van der Waals surface area contributed by atoms with Crippen molar-refractivity contribution in [3.05, 3.63) is 59.7 Å². The van der Waals surface area contributed by atoms with E-state index in [1.807, 2.05) is 0 Å². The molecule has 9 heteroatoms. The molecule has 2 aromatic rings. The van der Waals surface area contributed by atoms with Crippen LogP contribution in [0.2, 0.25) is 6.82 Å². The summed E-state index contributed by atoms with van der Waals surface area (Å²) in [5, 5.41) is 30.4. The maximum Gasteiger partial charge on any atom is 0.326 e. The molecule has 0 saturated heterocycles. The molecular weight excluding hydrogens is 358 g/mol. The largest absolute Gasteiger partial charge is 0.480 e. The highest BCUT2D eigenvalue weighted by molar-refractivity contribution is 6.64. The van der Waals surface area contributed by atoms with Crippen molar-refractivity contribution in [3.63, 3.8) is 0 Å². The van der Waals surface area contributed by atoms with Crippen LogP contribution in [0.15, 0.2) is 48.5 Å². The molecule has 0 fully saturated rings. The molecule has 1 amide bonds. The summed E-state index contributed by atoms with van der Waals surface area (Å²) in [6, 6.07) is 11.8. The van der Waals surface area contributed by atoms with E-state index in [1.54, 1.807) is 55.4 Å². The molecule has 0 aliphatic heterocycles. The van der Waals surface area contributed by atoms with E-state index in [9.17, 15) is 19.7 Å². The number of aliphatic carboxylic acids is 1. The van der Waals surface area contributed by atoms with Crippen LogP contribution in [0.5, 0.6) is 0 Å². The lowest BCUT2D eigenvalue weighted by atomic mass is 9.64. The lowest BCUT2D eigenvalue weighted by Crippen LogP contribution is -2.50. The van der Waals surface area contributed by atoms with E-state index in [-0.39, 0.29) is 12.8 Å². The zero-order valence-corrected chi connectivity index (χ0v) is 15.6. The molecule has 0 aliphatic carbocycles. The summed E-state index contributed by atoms with van der Waals surface area (Å²) in [7, 11) is 0.974. The number of amides is 1. The first-order valence-electron chi connectivity index (χ1n) is 8.92. The summed E-state index contributed by atoms with van der Waals surface area (Å²) in [5.74, 6) is -1.70. The number of nitrogens with two attached hydrogens (primary N) is 1. The minimum absolute atomic E-state index is 0.106. The summed E-state index contributed by atoms with van der Waals surface area (Å²) < 4.78 is 0. The molecule has 28 heavy (non-hydrogen) atoms. The predicted molar refractivity (Wildman–Crippen MR) is 109 cm³/mol. The third-order valence-corrected chi connectivity index (χ3v) is 4.44. The summed E-state index contributed by atoms with van der Waals surface area (Å²) in [5.41, 5.74) is 8.81. The van der Waals surface area contributed by atoms with Gasteiger partial charge in [-0.3, -0.25) is 4.79 Å². The zero-order valence-electron chi connectivity index (χ0n) is 15.6. The second-order valence-corrected chi connectivity index (χ2v) is 6.70. The van der Waals surface area contributed by atoms with Gasteiger partial charge >= 0.3 is 20.4 Å². The maximum absolute atomic E-state index is 12.3. The Bertz CT molecular complexity index is 797. The van der Waals surface area contributed by atoms with E-state index in [0.717, 1.165) is 24.1 Å². The van der Waals surface area contributed by atoms with Gasteiger partial charge in [0.05, 0.1) is 6.04 Å². The highest BCUT2D eigenvalue weighted by Gasteiger charge is 2.24. The fraction of sp³-hybridized carbons (Fsp3) is 0.263. The minimum Gasteiger partial charge on any atom is -0.480 e. The summed E-state index contributed by atoms with van der Waals surface area (Å²) in [4.78, 5) is 23.9. The molecule has 0 aliphatic rings. The lowest BCUT2D eigenvalue weighted by molar-refractivity contribution is -0.141. The summed E-state index contributed by atoms with van der Waals surface area (Å²) in [6.07, 6.45) is 0.349. The lowest BCUT2D eigenvalue weighted by Gasteiger charge is -2.18. The molecule has 145 valence electrons. The molecule has 7 nitrogen and oxygen atoms in total. The van der Waals surface area contributed by atoms with Crippen LogP contribution in [0.25, 0.3) is 0 Å². The smallest absolute Gasteiger partial charge is 0.326 e. The second-order valence-electron chi connectivity index (χ2n) is 6.70. The van der Waals surface area contributed by atoms with Crippen LogP contribution in [0, 0.1) is 0 Å². The van der Waals surface area contributed by atoms with E-state index in [2.05, 4.69) is 5.32 Å². The number of carboxylic acids is 1. The van der Waals surface area contributed by atoms with Gasteiger partial charge in [0, 0.05) is 6.42 Å². The summed E-state index contributed by atoms with van der Waals surface area (Å²) >= 11 is 0. The van der Waals surface area contributed by atoms with Crippen LogP contribution in [-0.2, 0) is 22.4 Å². The van der Waals surface area contributed by atoms with Crippen molar-refractivity contribution < 1.29 is 24.7 Å². The number of carbonyl (C=O) groups excluding carboxylic acids is 1. The van der Waals surface area contributed by atoms with E-state index >= 15 is 0 Å². The van der Waals surface area contributed by atoms with Gasteiger partial charge in [-0.1, -0.05) is 60.8 Å². The average molecular weight is 381 g/mol. The number of benzene rings is 2. The van der Waals surface area contributed by atoms with Gasteiger partial charge in [0.1, 0.15) is 6.04 Å². The highest BCUT2D eigenvalue weighted by atomic mass is 16.4. The van der Waals surface area contributed by atoms with Crippen molar-refractivity contribution in [2.75, 3.05) is 0 Å². The monoisotopic (exact) mass is 381 g/mol. The molecule has 0 saturated carbocycles. The van der Waals surface area contributed by atoms with Crippen LogP contribution in [-0.4, -0.2) is 53.5 Å². The molecule has 1 radical (unpaired) electrons. The van der Waals surface area contributed by atoms with Crippen molar-refractivity contribution in [2.24, 2.45) is 5.73 Å². The first-order valence-corrected chi connectivity index (χ1v) is 8.92. The van der Waals surface area contributed by atoms with Crippen LogP contribution in [0.4, 0.5) is 0 Å². The van der Waals surface area contributed by atoms with Gasteiger partial charge in [0.25, 0.3) is 0 Å². The minimum atomic E-state index is -1.15. The molecule has 6 N–H and O–H groups in total. The topological polar surface area (TPSA) is 133 Å². The Hall–Kier alpha value is -2.61. The Morgan fingerprint density at radius 3 is 2.11 bits per heavy atom. The molecule has 0 aromatic heterocycles. The molecule has 0 bridgehead atoms. The summed E-state index contributed by atoms with van der Waals surface area (Å²) in [6.45, 7) is 1.04. The van der Waals surface area contributed by atoms with Crippen molar-refractivity contribution in [1.82, 2.24) is 5.32 Å². The maximum atomic E-state index is 12.3. The molecule has 2 atom stereocenters. The number of rotatable bonds is 9. The second kappa shape index (κ2) is 10.1. The van der Waals surface area contributed by atoms with E-state index < -0.39 is 30.9 Å². The van der Waals surface area contributed by atoms with Crippen LogP contribution >= 0.6 is 0 Å². The SMILES string of the molecule is CB(O)c1ccc(C[C@H](NC(=O)C(N)Cc2ccc([B]O)cc2)C(=O)O)cc1. The number of nitrogens with one attached hydrogen (secondary N) is 1. The van der Waals surface area contributed by atoms with Gasteiger partial charge in [-0.15, -0.1) is 0 Å². The van der Waals surface area contributed by atoms with Crippen molar-refractivity contribution >= 4 is 37.2 Å². The molecule has 1 unspecified atom stereocenters. The van der Waals surface area contributed by atoms with Gasteiger partial charge in [-0.05, 0) is 23.0 Å². The molecule has 0 spiro atoms. The quantitative estimate of drug-likeness (QED) is 0.334. The first kappa shape index (κ1) is 21.7. The Labute approximate surface area is 165 Å². The Morgan fingerprint density at radius 1 is 1.07 bits per heavy atom. The standard InChI is InChI=1S/C19H23B2N2O5/c1-21(28)15-8-4-13(5-9-15)11-17(19(25)26)23-18(24)16(22)10-12-2-6-14(20-27)7-3-12/h2-9,16-17,27-28H,10-11,22H2,1H3,(H,23,24)(H,25,26)/t16?,17-/m0/s1. The fourth-order valence-electron chi connectivity index (χ4n) is 2.73. The predicted octanol–water partition coefficient (Wildman–Crippen LogP) is -1.57.